The van der Waals surface area contributed by atoms with Crippen LogP contribution < -0.4 is 5.32 Å². The number of aromatic nitrogens is 1. The lowest BCUT2D eigenvalue weighted by Gasteiger charge is -2.08. The van der Waals surface area contributed by atoms with Crippen molar-refractivity contribution in [3.8, 4) is 11.1 Å². The Morgan fingerprint density at radius 3 is 2.74 bits per heavy atom. The van der Waals surface area contributed by atoms with Crippen LogP contribution in [0.25, 0.3) is 21.3 Å². The lowest BCUT2D eigenvalue weighted by molar-refractivity contribution is 1.47. The molecule has 94 valence electrons. The predicted octanol–water partition coefficient (Wildman–Crippen LogP) is 4.00. The standard InChI is InChI=1S/C15H13N3S/c1-17-13-4-2-10(6-12(13)8-16)11-3-5-15-14(7-11)18-9-19-15/h2-9,16-17H,1H3. The summed E-state index contributed by atoms with van der Waals surface area (Å²) in [6.45, 7) is 0. The molecule has 1 heterocycles. The van der Waals surface area contributed by atoms with Gasteiger partial charge in [0.05, 0.1) is 15.7 Å². The second kappa shape index (κ2) is 4.82. The summed E-state index contributed by atoms with van der Waals surface area (Å²) < 4.78 is 1.20. The van der Waals surface area contributed by atoms with Crippen molar-refractivity contribution >= 4 is 33.5 Å². The Morgan fingerprint density at radius 1 is 1.16 bits per heavy atom. The molecule has 19 heavy (non-hydrogen) atoms. The minimum atomic E-state index is 0.887. The third kappa shape index (κ3) is 2.11. The highest BCUT2D eigenvalue weighted by Gasteiger charge is 2.04. The molecule has 3 rings (SSSR count). The highest BCUT2D eigenvalue weighted by Crippen LogP contribution is 2.28. The Balaban J connectivity index is 2.12. The molecule has 0 spiro atoms. The van der Waals surface area contributed by atoms with E-state index in [2.05, 4.69) is 34.6 Å². The molecule has 0 aliphatic heterocycles. The van der Waals surface area contributed by atoms with Gasteiger partial charge in [-0.25, -0.2) is 4.98 Å². The summed E-state index contributed by atoms with van der Waals surface area (Å²) in [5.41, 5.74) is 6.97. The molecule has 0 saturated carbocycles. The summed E-state index contributed by atoms with van der Waals surface area (Å²) in [5, 5.41) is 10.6. The van der Waals surface area contributed by atoms with Crippen LogP contribution in [0.1, 0.15) is 5.56 Å². The van der Waals surface area contributed by atoms with Gasteiger partial charge >= 0.3 is 0 Å². The van der Waals surface area contributed by atoms with Crippen LogP contribution in [0.4, 0.5) is 5.69 Å². The van der Waals surface area contributed by atoms with Crippen LogP contribution in [0, 0.1) is 5.41 Å². The summed E-state index contributed by atoms with van der Waals surface area (Å²) in [6.07, 6.45) is 1.37. The van der Waals surface area contributed by atoms with Crippen LogP contribution in [0.5, 0.6) is 0 Å². The number of hydrogen-bond acceptors (Lipinski definition) is 4. The molecule has 0 aliphatic carbocycles. The maximum absolute atomic E-state index is 7.48. The lowest BCUT2D eigenvalue weighted by atomic mass is 10.0. The van der Waals surface area contributed by atoms with Crippen LogP contribution in [-0.4, -0.2) is 18.2 Å². The topological polar surface area (TPSA) is 48.8 Å². The smallest absolute Gasteiger partial charge is 0.0818 e. The summed E-state index contributed by atoms with van der Waals surface area (Å²) in [4.78, 5) is 4.34. The van der Waals surface area contributed by atoms with E-state index >= 15 is 0 Å². The zero-order valence-electron chi connectivity index (χ0n) is 10.5. The van der Waals surface area contributed by atoms with Crippen LogP contribution in [0.15, 0.2) is 41.9 Å². The Bertz CT molecular complexity index is 746. The highest BCUT2D eigenvalue weighted by molar-refractivity contribution is 7.16. The minimum Gasteiger partial charge on any atom is -0.388 e. The fourth-order valence-electron chi connectivity index (χ4n) is 2.13. The molecular weight excluding hydrogens is 254 g/mol. The van der Waals surface area contributed by atoms with Crippen LogP contribution in [0.3, 0.4) is 0 Å². The number of rotatable bonds is 3. The molecule has 0 amide bonds. The number of fused-ring (bicyclic) bond motifs is 1. The van der Waals surface area contributed by atoms with Crippen LogP contribution in [-0.2, 0) is 0 Å². The van der Waals surface area contributed by atoms with Crippen LogP contribution >= 0.6 is 11.3 Å². The SMILES string of the molecule is CNc1ccc(-c2ccc3scnc3c2)cc1C=N. The van der Waals surface area contributed by atoms with Gasteiger partial charge in [0.25, 0.3) is 0 Å². The third-order valence-corrected chi connectivity index (χ3v) is 3.95. The van der Waals surface area contributed by atoms with E-state index in [1.807, 2.05) is 24.7 Å². The summed E-state index contributed by atoms with van der Waals surface area (Å²) in [7, 11) is 1.86. The van der Waals surface area contributed by atoms with E-state index in [-0.39, 0.29) is 0 Å². The van der Waals surface area contributed by atoms with E-state index in [9.17, 15) is 0 Å². The van der Waals surface area contributed by atoms with Gasteiger partial charge in [-0.2, -0.15) is 0 Å². The molecule has 0 aliphatic rings. The molecule has 2 aromatic carbocycles. The largest absolute Gasteiger partial charge is 0.388 e. The van der Waals surface area contributed by atoms with Gasteiger partial charge in [-0.05, 0) is 35.4 Å². The first-order valence-corrected chi connectivity index (χ1v) is 6.85. The molecule has 0 saturated heterocycles. The molecule has 0 radical (unpaired) electrons. The van der Waals surface area contributed by atoms with E-state index in [0.29, 0.717) is 0 Å². The van der Waals surface area contributed by atoms with Crippen molar-refractivity contribution in [1.82, 2.24) is 4.98 Å². The van der Waals surface area contributed by atoms with E-state index in [0.717, 1.165) is 27.9 Å². The monoisotopic (exact) mass is 267 g/mol. The first-order chi connectivity index (χ1) is 9.31. The zero-order chi connectivity index (χ0) is 13.2. The molecule has 2 N–H and O–H groups in total. The molecule has 1 aromatic heterocycles. The van der Waals surface area contributed by atoms with Crippen molar-refractivity contribution in [1.29, 1.82) is 5.41 Å². The molecule has 0 fully saturated rings. The van der Waals surface area contributed by atoms with Gasteiger partial charge in [0.2, 0.25) is 0 Å². The number of anilines is 1. The number of hydrogen-bond donors (Lipinski definition) is 2. The quantitative estimate of drug-likeness (QED) is 0.705. The lowest BCUT2D eigenvalue weighted by Crippen LogP contribution is -1.94. The predicted molar refractivity (Wildman–Crippen MR) is 82.5 cm³/mol. The van der Waals surface area contributed by atoms with Crippen molar-refractivity contribution in [2.24, 2.45) is 0 Å². The van der Waals surface area contributed by atoms with E-state index in [4.69, 9.17) is 5.41 Å². The zero-order valence-corrected chi connectivity index (χ0v) is 11.3. The highest BCUT2D eigenvalue weighted by atomic mass is 32.1. The normalized spacial score (nSPS) is 10.6. The number of nitrogens with zero attached hydrogens (tertiary/aromatic N) is 1. The van der Waals surface area contributed by atoms with Crippen molar-refractivity contribution < 1.29 is 0 Å². The maximum Gasteiger partial charge on any atom is 0.0818 e. The molecule has 0 atom stereocenters. The summed E-state index contributed by atoms with van der Waals surface area (Å²) in [5.74, 6) is 0. The Hall–Kier alpha value is -2.20. The average molecular weight is 267 g/mol. The molecule has 3 nitrogen and oxygen atoms in total. The summed E-state index contributed by atoms with van der Waals surface area (Å²) >= 11 is 1.65. The Labute approximate surface area is 115 Å². The Morgan fingerprint density at radius 2 is 1.95 bits per heavy atom. The average Bonchev–Trinajstić information content (AvgIpc) is 2.93. The van der Waals surface area contributed by atoms with Gasteiger partial charge in [-0.3, -0.25) is 0 Å². The Kier molecular flexibility index (Phi) is 3.01. The minimum absolute atomic E-state index is 0.887. The second-order valence-corrected chi connectivity index (χ2v) is 5.12. The van der Waals surface area contributed by atoms with Gasteiger partial charge in [0.1, 0.15) is 0 Å². The van der Waals surface area contributed by atoms with Crippen molar-refractivity contribution in [2.75, 3.05) is 12.4 Å². The molecule has 4 heteroatoms. The maximum atomic E-state index is 7.48. The van der Waals surface area contributed by atoms with Gasteiger partial charge in [0, 0.05) is 24.5 Å². The second-order valence-electron chi connectivity index (χ2n) is 4.23. The number of thiazole rings is 1. The van der Waals surface area contributed by atoms with E-state index < -0.39 is 0 Å². The first-order valence-electron chi connectivity index (χ1n) is 5.98. The number of benzene rings is 2. The fourth-order valence-corrected chi connectivity index (χ4v) is 2.79. The molecule has 0 unspecified atom stereocenters. The van der Waals surface area contributed by atoms with Gasteiger partial charge in [0.15, 0.2) is 0 Å². The summed E-state index contributed by atoms with van der Waals surface area (Å²) in [6, 6.07) is 12.4. The van der Waals surface area contributed by atoms with Crippen molar-refractivity contribution in [3.63, 3.8) is 0 Å². The third-order valence-electron chi connectivity index (χ3n) is 3.14. The van der Waals surface area contributed by atoms with Gasteiger partial charge < -0.3 is 10.7 Å². The van der Waals surface area contributed by atoms with E-state index in [1.54, 1.807) is 11.3 Å². The van der Waals surface area contributed by atoms with Crippen molar-refractivity contribution in [2.45, 2.75) is 0 Å². The van der Waals surface area contributed by atoms with Crippen molar-refractivity contribution in [3.05, 3.63) is 47.5 Å². The number of nitrogens with one attached hydrogen (secondary N) is 2. The van der Waals surface area contributed by atoms with Gasteiger partial charge in [-0.1, -0.05) is 12.1 Å². The molecule has 0 bridgehead atoms. The van der Waals surface area contributed by atoms with E-state index in [1.165, 1.54) is 10.9 Å². The first kappa shape index (κ1) is 11.9. The molecule has 3 aromatic rings. The molecular formula is C15H13N3S. The van der Waals surface area contributed by atoms with Gasteiger partial charge in [-0.15, -0.1) is 11.3 Å². The fraction of sp³-hybridized carbons (Fsp3) is 0.0667. The van der Waals surface area contributed by atoms with Crippen LogP contribution in [0.2, 0.25) is 0 Å².